The highest BCUT2D eigenvalue weighted by Crippen LogP contribution is 2.28. The summed E-state index contributed by atoms with van der Waals surface area (Å²) >= 11 is 0. The minimum Gasteiger partial charge on any atom is -0.457 e. The Labute approximate surface area is 208 Å². The number of likely N-dealkylation sites (tertiary alicyclic amines) is 1. The van der Waals surface area contributed by atoms with Crippen molar-refractivity contribution in [2.75, 3.05) is 26.2 Å². The summed E-state index contributed by atoms with van der Waals surface area (Å²) in [5.74, 6) is 1.62. The first-order valence-electron chi connectivity index (χ1n) is 12.7. The minimum atomic E-state index is -0.584. The van der Waals surface area contributed by atoms with Crippen molar-refractivity contribution in [2.45, 2.75) is 45.3 Å². The average molecular weight is 490 g/mol. The van der Waals surface area contributed by atoms with E-state index in [2.05, 4.69) is 57.1 Å². The molecule has 4 aromatic rings. The molecule has 35 heavy (non-hydrogen) atoms. The van der Waals surface area contributed by atoms with Gasteiger partial charge in [0.1, 0.15) is 18.2 Å². The maximum absolute atomic E-state index is 6.15. The van der Waals surface area contributed by atoms with Crippen LogP contribution >= 0.6 is 0 Å². The van der Waals surface area contributed by atoms with Gasteiger partial charge >= 0.3 is 0 Å². The van der Waals surface area contributed by atoms with E-state index in [0.29, 0.717) is 6.73 Å². The standard InChI is InChI=1S/C27H35N5O2Si/c1-35(2)18-17-33-21-32-27(11-12-28-32)22-5-7-24(8-6-22)34-25-9-10-26-23(19-25)20-29-31(26)16-15-30-13-3-4-14-30/h5-12,19-20,35H,3-4,13-18,21H2,1-2H3. The highest BCUT2D eigenvalue weighted by Gasteiger charge is 2.12. The molecule has 3 heterocycles. The molecule has 1 fully saturated rings. The third kappa shape index (κ3) is 6.01. The monoisotopic (exact) mass is 489 g/mol. The first kappa shape index (κ1) is 23.8. The zero-order chi connectivity index (χ0) is 24.0. The molecule has 7 nitrogen and oxygen atoms in total. The lowest BCUT2D eigenvalue weighted by molar-refractivity contribution is 0.0801. The third-order valence-electron chi connectivity index (χ3n) is 6.60. The highest BCUT2D eigenvalue weighted by atomic mass is 28.3. The Bertz CT molecular complexity index is 1230. The summed E-state index contributed by atoms with van der Waals surface area (Å²) in [7, 11) is -0.584. The second-order valence-corrected chi connectivity index (χ2v) is 13.1. The minimum absolute atomic E-state index is 0.480. The molecule has 184 valence electrons. The number of fused-ring (bicyclic) bond motifs is 1. The molecule has 0 radical (unpaired) electrons. The van der Waals surface area contributed by atoms with Crippen LogP contribution in [0, 0.1) is 0 Å². The smallest absolute Gasteiger partial charge is 0.139 e. The molecule has 2 aromatic carbocycles. The van der Waals surface area contributed by atoms with Gasteiger partial charge in [-0.05, 0) is 80.5 Å². The van der Waals surface area contributed by atoms with Gasteiger partial charge in [-0.25, -0.2) is 4.68 Å². The summed E-state index contributed by atoms with van der Waals surface area (Å²) in [6.45, 7) is 10.4. The molecule has 0 unspecified atom stereocenters. The highest BCUT2D eigenvalue weighted by molar-refractivity contribution is 6.55. The zero-order valence-electron chi connectivity index (χ0n) is 20.8. The molecule has 8 heteroatoms. The van der Waals surface area contributed by atoms with Crippen LogP contribution in [0.1, 0.15) is 12.8 Å². The Morgan fingerprint density at radius 2 is 1.69 bits per heavy atom. The van der Waals surface area contributed by atoms with E-state index in [4.69, 9.17) is 9.47 Å². The first-order valence-corrected chi connectivity index (χ1v) is 15.8. The Balaban J connectivity index is 1.20. The molecule has 1 aliphatic rings. The molecule has 0 saturated carbocycles. The lowest BCUT2D eigenvalue weighted by atomic mass is 10.1. The molecule has 1 saturated heterocycles. The Kier molecular flexibility index (Phi) is 7.61. The molecule has 1 aliphatic heterocycles. The van der Waals surface area contributed by atoms with Gasteiger partial charge in [-0.15, -0.1) is 0 Å². The van der Waals surface area contributed by atoms with Gasteiger partial charge in [0, 0.05) is 39.1 Å². The third-order valence-corrected chi connectivity index (χ3v) is 7.99. The summed E-state index contributed by atoms with van der Waals surface area (Å²) in [4.78, 5) is 2.52. The molecule has 5 rings (SSSR count). The molecule has 0 N–H and O–H groups in total. The predicted molar refractivity (Wildman–Crippen MR) is 143 cm³/mol. The second-order valence-electron chi connectivity index (χ2n) is 9.70. The number of hydrogen-bond donors (Lipinski definition) is 0. The van der Waals surface area contributed by atoms with Crippen LogP contribution < -0.4 is 4.74 Å². The van der Waals surface area contributed by atoms with Crippen molar-refractivity contribution in [3.63, 3.8) is 0 Å². The predicted octanol–water partition coefficient (Wildman–Crippen LogP) is 5.25. The lowest BCUT2D eigenvalue weighted by Crippen LogP contribution is -2.24. The molecule has 0 amide bonds. The van der Waals surface area contributed by atoms with Crippen LogP contribution in [-0.4, -0.2) is 59.5 Å². The van der Waals surface area contributed by atoms with Gasteiger partial charge in [-0.1, -0.05) is 13.1 Å². The van der Waals surface area contributed by atoms with Crippen molar-refractivity contribution < 1.29 is 9.47 Å². The van der Waals surface area contributed by atoms with Crippen molar-refractivity contribution in [1.29, 1.82) is 0 Å². The fraction of sp³-hybridized carbons (Fsp3) is 0.407. The van der Waals surface area contributed by atoms with Crippen molar-refractivity contribution in [3.8, 4) is 22.8 Å². The molecule has 0 spiro atoms. The Morgan fingerprint density at radius 3 is 2.49 bits per heavy atom. The van der Waals surface area contributed by atoms with E-state index in [1.165, 1.54) is 32.0 Å². The van der Waals surface area contributed by atoms with Gasteiger partial charge in [0.2, 0.25) is 0 Å². The van der Waals surface area contributed by atoms with E-state index in [1.54, 1.807) is 0 Å². The van der Waals surface area contributed by atoms with Crippen molar-refractivity contribution in [3.05, 3.63) is 60.9 Å². The van der Waals surface area contributed by atoms with E-state index in [9.17, 15) is 0 Å². The number of nitrogens with zero attached hydrogens (tertiary/aromatic N) is 5. The van der Waals surface area contributed by atoms with Crippen molar-refractivity contribution in [1.82, 2.24) is 24.5 Å². The van der Waals surface area contributed by atoms with E-state index in [0.717, 1.165) is 53.4 Å². The van der Waals surface area contributed by atoms with E-state index < -0.39 is 8.80 Å². The summed E-state index contributed by atoms with van der Waals surface area (Å²) < 4.78 is 16.0. The van der Waals surface area contributed by atoms with Crippen LogP contribution in [0.3, 0.4) is 0 Å². The molecule has 0 bridgehead atoms. The number of hydrogen-bond acceptors (Lipinski definition) is 5. The van der Waals surface area contributed by atoms with Crippen molar-refractivity contribution in [2.24, 2.45) is 0 Å². The topological polar surface area (TPSA) is 57.3 Å². The summed E-state index contributed by atoms with van der Waals surface area (Å²) in [6.07, 6.45) is 6.39. The van der Waals surface area contributed by atoms with Gasteiger partial charge in [0.25, 0.3) is 0 Å². The summed E-state index contributed by atoms with van der Waals surface area (Å²) in [5.41, 5.74) is 3.28. The van der Waals surface area contributed by atoms with Gasteiger partial charge in [-0.2, -0.15) is 10.2 Å². The van der Waals surface area contributed by atoms with Crippen LogP contribution in [-0.2, 0) is 18.0 Å². The summed E-state index contributed by atoms with van der Waals surface area (Å²) in [5, 5.41) is 10.1. The van der Waals surface area contributed by atoms with E-state index in [-0.39, 0.29) is 0 Å². The normalized spacial score (nSPS) is 14.4. The van der Waals surface area contributed by atoms with Crippen LogP contribution in [0.4, 0.5) is 0 Å². The molecule has 0 aliphatic carbocycles. The van der Waals surface area contributed by atoms with Gasteiger partial charge in [0.15, 0.2) is 0 Å². The fourth-order valence-corrected chi connectivity index (χ4v) is 5.17. The molecular formula is C27H35N5O2Si. The van der Waals surface area contributed by atoms with Crippen LogP contribution in [0.15, 0.2) is 60.9 Å². The van der Waals surface area contributed by atoms with Crippen LogP contribution in [0.5, 0.6) is 11.5 Å². The number of ether oxygens (including phenoxy) is 2. The number of aromatic nitrogens is 4. The number of benzene rings is 2. The molecular weight excluding hydrogens is 454 g/mol. The zero-order valence-corrected chi connectivity index (χ0v) is 21.9. The Hall–Kier alpha value is -2.94. The quantitative estimate of drug-likeness (QED) is 0.213. The van der Waals surface area contributed by atoms with Gasteiger partial charge in [-0.3, -0.25) is 4.68 Å². The largest absolute Gasteiger partial charge is 0.457 e. The summed E-state index contributed by atoms with van der Waals surface area (Å²) in [6, 6.07) is 17.5. The first-order chi connectivity index (χ1) is 17.2. The van der Waals surface area contributed by atoms with Crippen molar-refractivity contribution >= 4 is 19.7 Å². The van der Waals surface area contributed by atoms with Crippen LogP contribution in [0.25, 0.3) is 22.2 Å². The molecule has 2 aromatic heterocycles. The lowest BCUT2D eigenvalue weighted by Gasteiger charge is -2.14. The van der Waals surface area contributed by atoms with Gasteiger partial charge in [0.05, 0.1) is 24.0 Å². The number of rotatable bonds is 11. The van der Waals surface area contributed by atoms with Gasteiger partial charge < -0.3 is 14.4 Å². The second kappa shape index (κ2) is 11.2. The Morgan fingerprint density at radius 1 is 0.886 bits per heavy atom. The maximum atomic E-state index is 6.15. The van der Waals surface area contributed by atoms with E-state index in [1.807, 2.05) is 41.3 Å². The van der Waals surface area contributed by atoms with E-state index >= 15 is 0 Å². The average Bonchev–Trinajstić information content (AvgIpc) is 3.62. The van der Waals surface area contributed by atoms with Crippen LogP contribution in [0.2, 0.25) is 19.1 Å². The maximum Gasteiger partial charge on any atom is 0.139 e. The SMILES string of the molecule is C[SiH](C)CCOCn1nccc1-c1ccc(Oc2ccc3c(cnn3CCN3CCCC3)c2)cc1. The fourth-order valence-electron chi connectivity index (χ4n) is 4.53. The molecule has 0 atom stereocenters.